The molecule has 6 heteroatoms. The van der Waals surface area contributed by atoms with Gasteiger partial charge in [0.15, 0.2) is 5.75 Å². The first-order valence-electron chi connectivity index (χ1n) is 9.79. The number of rotatable bonds is 3. The minimum Gasteiger partial charge on any atom is -0.454 e. The zero-order chi connectivity index (χ0) is 19.8. The van der Waals surface area contributed by atoms with Crippen molar-refractivity contribution in [1.29, 1.82) is 0 Å². The number of hydrogen-bond donors (Lipinski definition) is 1. The summed E-state index contributed by atoms with van der Waals surface area (Å²) in [5, 5.41) is 2.98. The number of anilines is 1. The Kier molecular flexibility index (Phi) is 4.83. The molecule has 0 aliphatic carbocycles. The van der Waals surface area contributed by atoms with E-state index in [-0.39, 0.29) is 5.91 Å². The van der Waals surface area contributed by atoms with Gasteiger partial charge in [-0.1, -0.05) is 6.07 Å². The third-order valence-electron chi connectivity index (χ3n) is 5.26. The van der Waals surface area contributed by atoms with Crippen molar-refractivity contribution in [2.45, 2.75) is 13.5 Å². The summed E-state index contributed by atoms with van der Waals surface area (Å²) in [4.78, 5) is 17.7. The monoisotopic (exact) mass is 406 g/mol. The van der Waals surface area contributed by atoms with Gasteiger partial charge in [-0.25, -0.2) is 0 Å². The Labute approximate surface area is 173 Å². The van der Waals surface area contributed by atoms with Crippen molar-refractivity contribution in [2.75, 3.05) is 31.6 Å². The largest absolute Gasteiger partial charge is 0.454 e. The summed E-state index contributed by atoms with van der Waals surface area (Å²) in [7, 11) is 0. The van der Waals surface area contributed by atoms with Crippen molar-refractivity contribution in [3.05, 3.63) is 64.5 Å². The van der Waals surface area contributed by atoms with Crippen LogP contribution in [-0.4, -0.2) is 37.1 Å². The van der Waals surface area contributed by atoms with Gasteiger partial charge < -0.3 is 14.8 Å². The third kappa shape index (κ3) is 3.79. The fourth-order valence-corrected chi connectivity index (χ4v) is 4.73. The zero-order valence-corrected chi connectivity index (χ0v) is 17.1. The van der Waals surface area contributed by atoms with Crippen molar-refractivity contribution in [2.24, 2.45) is 0 Å². The van der Waals surface area contributed by atoms with Crippen LogP contribution in [0.25, 0.3) is 10.4 Å². The second kappa shape index (κ2) is 7.63. The second-order valence-electron chi connectivity index (χ2n) is 7.42. The molecule has 0 saturated carbocycles. The first-order valence-corrected chi connectivity index (χ1v) is 10.6. The van der Waals surface area contributed by atoms with Gasteiger partial charge in [-0.15, -0.1) is 11.3 Å². The number of fused-ring (bicyclic) bond motifs is 2. The fraction of sp³-hybridized carbons (Fsp3) is 0.261. The molecule has 1 fully saturated rings. The summed E-state index contributed by atoms with van der Waals surface area (Å²) in [6.07, 6.45) is 0. The van der Waals surface area contributed by atoms with E-state index in [2.05, 4.69) is 22.3 Å². The number of morpholine rings is 1. The van der Waals surface area contributed by atoms with Gasteiger partial charge in [0, 0.05) is 29.4 Å². The van der Waals surface area contributed by atoms with Gasteiger partial charge in [0.2, 0.25) is 0 Å². The van der Waals surface area contributed by atoms with Gasteiger partial charge >= 0.3 is 0 Å². The summed E-state index contributed by atoms with van der Waals surface area (Å²) in [6, 6.07) is 15.9. The highest BCUT2D eigenvalue weighted by atomic mass is 32.1. The molecular weight excluding hydrogens is 384 g/mol. The van der Waals surface area contributed by atoms with Crippen LogP contribution < -0.4 is 10.1 Å². The SMILES string of the molecule is Cc1ccc2c(c1)NC(=O)c1cc(-c3ccc(CN4CCOCC4)s3)ccc1O2. The molecule has 3 heterocycles. The van der Waals surface area contributed by atoms with Crippen LogP contribution >= 0.6 is 11.3 Å². The molecule has 2 aliphatic rings. The number of carbonyl (C=O) groups excluding carboxylic acids is 1. The van der Waals surface area contributed by atoms with E-state index in [0.717, 1.165) is 48.9 Å². The highest BCUT2D eigenvalue weighted by molar-refractivity contribution is 7.15. The van der Waals surface area contributed by atoms with Gasteiger partial charge in [0.05, 0.1) is 24.5 Å². The van der Waals surface area contributed by atoms with Gasteiger partial charge in [-0.2, -0.15) is 0 Å². The minimum absolute atomic E-state index is 0.142. The van der Waals surface area contributed by atoms with Crippen LogP contribution in [0, 0.1) is 6.92 Å². The smallest absolute Gasteiger partial charge is 0.259 e. The molecule has 0 unspecified atom stereocenters. The van der Waals surface area contributed by atoms with E-state index in [9.17, 15) is 4.79 Å². The van der Waals surface area contributed by atoms with Crippen molar-refractivity contribution in [3.63, 3.8) is 0 Å². The van der Waals surface area contributed by atoms with E-state index in [1.165, 1.54) is 4.88 Å². The lowest BCUT2D eigenvalue weighted by molar-refractivity contribution is 0.0346. The maximum atomic E-state index is 12.8. The molecule has 29 heavy (non-hydrogen) atoms. The summed E-state index contributed by atoms with van der Waals surface area (Å²) >= 11 is 1.77. The normalized spacial score (nSPS) is 16.4. The van der Waals surface area contributed by atoms with E-state index >= 15 is 0 Å². The molecule has 1 saturated heterocycles. The number of nitrogens with zero attached hydrogens (tertiary/aromatic N) is 1. The van der Waals surface area contributed by atoms with Crippen LogP contribution in [0.4, 0.5) is 5.69 Å². The molecule has 5 rings (SSSR count). The molecule has 0 atom stereocenters. The van der Waals surface area contributed by atoms with E-state index in [0.29, 0.717) is 22.7 Å². The Morgan fingerprint density at radius 3 is 2.72 bits per heavy atom. The Morgan fingerprint density at radius 1 is 1.03 bits per heavy atom. The van der Waals surface area contributed by atoms with Crippen LogP contribution in [0.1, 0.15) is 20.8 Å². The molecule has 2 aromatic carbocycles. The number of hydrogen-bond acceptors (Lipinski definition) is 5. The molecule has 1 amide bonds. The summed E-state index contributed by atoms with van der Waals surface area (Å²) < 4.78 is 11.5. The van der Waals surface area contributed by atoms with Crippen molar-refractivity contribution < 1.29 is 14.3 Å². The fourth-order valence-electron chi connectivity index (χ4n) is 3.69. The van der Waals surface area contributed by atoms with Gasteiger partial charge in [-0.05, 0) is 60.5 Å². The van der Waals surface area contributed by atoms with E-state index < -0.39 is 0 Å². The van der Waals surface area contributed by atoms with E-state index in [1.54, 1.807) is 11.3 Å². The first-order chi connectivity index (χ1) is 14.2. The third-order valence-corrected chi connectivity index (χ3v) is 6.38. The average Bonchev–Trinajstić information content (AvgIpc) is 3.14. The van der Waals surface area contributed by atoms with Crippen LogP contribution in [-0.2, 0) is 11.3 Å². The van der Waals surface area contributed by atoms with Crippen LogP contribution in [0.3, 0.4) is 0 Å². The molecule has 1 N–H and O–H groups in total. The highest BCUT2D eigenvalue weighted by Gasteiger charge is 2.22. The number of amides is 1. The summed E-state index contributed by atoms with van der Waals surface area (Å²) in [5.74, 6) is 1.11. The highest BCUT2D eigenvalue weighted by Crippen LogP contribution is 2.39. The zero-order valence-electron chi connectivity index (χ0n) is 16.2. The molecule has 1 aromatic heterocycles. The lowest BCUT2D eigenvalue weighted by atomic mass is 10.1. The van der Waals surface area contributed by atoms with Crippen LogP contribution in [0.15, 0.2) is 48.5 Å². The molecule has 3 aromatic rings. The van der Waals surface area contributed by atoms with Crippen molar-refractivity contribution >= 4 is 22.9 Å². The van der Waals surface area contributed by atoms with Crippen LogP contribution in [0.5, 0.6) is 11.5 Å². The number of benzene rings is 2. The van der Waals surface area contributed by atoms with Crippen LogP contribution in [0.2, 0.25) is 0 Å². The quantitative estimate of drug-likeness (QED) is 0.671. The standard InChI is InChI=1S/C23H22N2O3S/c1-15-2-5-21-19(12-15)24-23(26)18-13-16(3-6-20(18)28-21)22-7-4-17(29-22)14-25-8-10-27-11-9-25/h2-7,12-13H,8-11,14H2,1H3,(H,24,26). The van der Waals surface area contributed by atoms with Gasteiger partial charge in [0.25, 0.3) is 5.91 Å². The van der Waals surface area contributed by atoms with Crippen molar-refractivity contribution in [3.8, 4) is 21.9 Å². The number of nitrogens with one attached hydrogen (secondary N) is 1. The van der Waals surface area contributed by atoms with Gasteiger partial charge in [-0.3, -0.25) is 9.69 Å². The molecule has 0 bridgehead atoms. The number of thiophene rings is 1. The minimum atomic E-state index is -0.142. The van der Waals surface area contributed by atoms with E-state index in [4.69, 9.17) is 9.47 Å². The Morgan fingerprint density at radius 2 is 1.86 bits per heavy atom. The molecule has 2 aliphatic heterocycles. The maximum absolute atomic E-state index is 12.8. The molecule has 0 spiro atoms. The number of aryl methyl sites for hydroxylation is 1. The second-order valence-corrected chi connectivity index (χ2v) is 8.59. The molecular formula is C23H22N2O3S. The Balaban J connectivity index is 1.41. The predicted octanol–water partition coefficient (Wildman–Crippen LogP) is 4.91. The number of ether oxygens (including phenoxy) is 2. The predicted molar refractivity (Wildman–Crippen MR) is 115 cm³/mol. The Hall–Kier alpha value is -2.67. The molecule has 0 radical (unpaired) electrons. The van der Waals surface area contributed by atoms with Crippen molar-refractivity contribution in [1.82, 2.24) is 4.90 Å². The molecule has 148 valence electrons. The average molecular weight is 407 g/mol. The first kappa shape index (κ1) is 18.4. The molecule has 5 nitrogen and oxygen atoms in total. The maximum Gasteiger partial charge on any atom is 0.259 e. The lowest BCUT2D eigenvalue weighted by Gasteiger charge is -2.25. The Bertz CT molecular complexity index is 1070. The van der Waals surface area contributed by atoms with Gasteiger partial charge in [0.1, 0.15) is 5.75 Å². The lowest BCUT2D eigenvalue weighted by Crippen LogP contribution is -2.35. The summed E-state index contributed by atoms with van der Waals surface area (Å²) in [6.45, 7) is 6.50. The number of carbonyl (C=O) groups is 1. The topological polar surface area (TPSA) is 50.8 Å². The summed E-state index contributed by atoms with van der Waals surface area (Å²) in [5.41, 5.74) is 3.37. The van der Waals surface area contributed by atoms with E-state index in [1.807, 2.05) is 43.3 Å².